The highest BCUT2D eigenvalue weighted by molar-refractivity contribution is 6.99. The molecule has 0 bridgehead atoms. The first kappa shape index (κ1) is 57.4. The van der Waals surface area contributed by atoms with Crippen molar-refractivity contribution in [1.29, 1.82) is 0 Å². The van der Waals surface area contributed by atoms with Crippen LogP contribution in [0.5, 0.6) is 0 Å². The maximum Gasteiger partial charge on any atom is 0.330 e. The van der Waals surface area contributed by atoms with Crippen molar-refractivity contribution in [3.63, 3.8) is 0 Å². The summed E-state index contributed by atoms with van der Waals surface area (Å²) in [6.07, 6.45) is 19.1. The van der Waals surface area contributed by atoms with Gasteiger partial charge in [0.25, 0.3) is 8.32 Å². The second-order valence-corrected chi connectivity index (χ2v) is 26.0. The minimum Gasteiger partial charge on any atom is -0.466 e. The molecule has 380 valence electrons. The van der Waals surface area contributed by atoms with Gasteiger partial charge in [0.1, 0.15) is 0 Å². The Morgan fingerprint density at radius 1 is 0.735 bits per heavy atom. The lowest BCUT2D eigenvalue weighted by Gasteiger charge is -2.48. The van der Waals surface area contributed by atoms with Gasteiger partial charge < -0.3 is 37.6 Å². The number of ether oxygens (including phenoxy) is 7. The molecule has 2 heterocycles. The molecule has 0 radical (unpaired) electrons. The zero-order valence-corrected chi connectivity index (χ0v) is 45.8. The number of allylic oxidation sites excluding steroid dienone is 3. The fourth-order valence-corrected chi connectivity index (χ4v) is 15.1. The second-order valence-electron chi connectivity index (χ2n) is 21.7. The number of benzene rings is 2. The Labute approximate surface area is 413 Å². The van der Waals surface area contributed by atoms with Gasteiger partial charge in [-0.05, 0) is 106 Å². The summed E-state index contributed by atoms with van der Waals surface area (Å²) in [4.78, 5) is 11.4. The van der Waals surface area contributed by atoms with Gasteiger partial charge in [-0.15, -0.1) is 0 Å². The Balaban J connectivity index is 1.32. The van der Waals surface area contributed by atoms with Crippen LogP contribution in [0.2, 0.25) is 5.04 Å². The van der Waals surface area contributed by atoms with E-state index in [-0.39, 0.29) is 65.4 Å². The Morgan fingerprint density at radius 3 is 1.76 bits per heavy atom. The van der Waals surface area contributed by atoms with Gasteiger partial charge in [-0.2, -0.15) is 0 Å². The van der Waals surface area contributed by atoms with E-state index in [2.05, 4.69) is 146 Å². The Morgan fingerprint density at radius 2 is 1.26 bits per heavy atom. The number of rotatable bonds is 24. The summed E-state index contributed by atoms with van der Waals surface area (Å²) in [6, 6.07) is 21.7. The smallest absolute Gasteiger partial charge is 0.330 e. The van der Waals surface area contributed by atoms with Crippen molar-refractivity contribution in [2.24, 2.45) is 29.6 Å². The molecule has 9 nitrogen and oxygen atoms in total. The van der Waals surface area contributed by atoms with Crippen molar-refractivity contribution < 1.29 is 42.4 Å². The molecule has 2 aliphatic heterocycles. The first-order valence-corrected chi connectivity index (χ1v) is 27.2. The monoisotopic (exact) mass is 959 g/mol. The summed E-state index contributed by atoms with van der Waals surface area (Å²) >= 11 is 0. The number of hydrogen-bond donors (Lipinski definition) is 0. The largest absolute Gasteiger partial charge is 0.466 e. The maximum atomic E-state index is 11.4. The van der Waals surface area contributed by atoms with E-state index >= 15 is 0 Å². The summed E-state index contributed by atoms with van der Waals surface area (Å²) in [5.41, 5.74) is 1.26. The molecule has 4 rings (SSSR count). The van der Waals surface area contributed by atoms with Gasteiger partial charge in [0, 0.05) is 44.7 Å². The van der Waals surface area contributed by atoms with E-state index in [1.165, 1.54) is 29.1 Å². The average molecular weight is 959 g/mol. The highest BCUT2D eigenvalue weighted by atomic mass is 28.4. The summed E-state index contributed by atoms with van der Waals surface area (Å²) in [7, 11) is 2.30. The quantitative estimate of drug-likeness (QED) is 0.0335. The van der Waals surface area contributed by atoms with Crippen LogP contribution in [0.3, 0.4) is 0 Å². The highest BCUT2D eigenvalue weighted by Gasteiger charge is 2.51. The standard InChI is InChI=1S/C58H90O9Si/c1-41(35-36-42(2)50(61-15)38-37-43(3)54-45(5)51(64-57(10,11)66-54)32-24-19-25-34-53(59)62-16)39-47(60-14)27-26-33-52-46(6)55(67-58(12,13)65-52)44(4)40-63-68(56(7,8)9,48-28-20-17-21-29-48)49-30-22-18-23-31-49/h17-31,34,36,41,43-47,50-52,54-55H,32-33,35,37-40H2,1-16H3/b24-19+,27-26+,34-25+,42-36+/t41-,43-,44+,45-,46-,47+,50+,51-,52+,54-,55+/m1/s1. The maximum absolute atomic E-state index is 11.4. The highest BCUT2D eigenvalue weighted by Crippen LogP contribution is 2.41. The van der Waals surface area contributed by atoms with Crippen LogP contribution in [0.4, 0.5) is 0 Å². The van der Waals surface area contributed by atoms with Crippen LogP contribution in [0.15, 0.2) is 109 Å². The van der Waals surface area contributed by atoms with Crippen LogP contribution < -0.4 is 10.4 Å². The topological polar surface area (TPSA) is 90.9 Å². The number of carbonyl (C=O) groups is 1. The molecule has 2 aromatic carbocycles. The molecule has 0 spiro atoms. The third-order valence-corrected chi connectivity index (χ3v) is 19.2. The second kappa shape index (κ2) is 26.3. The molecule has 68 heavy (non-hydrogen) atoms. The lowest BCUT2D eigenvalue weighted by Crippen LogP contribution is -2.67. The lowest BCUT2D eigenvalue weighted by molar-refractivity contribution is -0.327. The summed E-state index contributed by atoms with van der Waals surface area (Å²) < 4.78 is 50.4. The molecule has 0 N–H and O–H groups in total. The minimum atomic E-state index is -2.69. The third-order valence-electron chi connectivity index (χ3n) is 14.2. The molecular weight excluding hydrogens is 869 g/mol. The molecule has 0 unspecified atom stereocenters. The Hall–Kier alpha value is -3.19. The van der Waals surface area contributed by atoms with Gasteiger partial charge in [0.2, 0.25) is 0 Å². The predicted octanol–water partition coefficient (Wildman–Crippen LogP) is 11.9. The molecular formula is C58H90O9Si. The fraction of sp³-hybridized carbons (Fsp3) is 0.638. The molecule has 0 aliphatic carbocycles. The SMILES string of the molecule is COC(=O)/C=C/C=C/C[C@H]1OC(C)(C)O[C@H]([C@H](C)CC[C@H](OC)/C(C)=C/C[C@@H](C)C[C@H](/C=C/C[C@@H]2OC(C)(C)O[C@@H]([C@@H](C)CO[Si](c3ccccc3)(c3ccccc3)C(C)(C)C)[C@@H]2C)OC)[C@@H]1C. The van der Waals surface area contributed by atoms with Crippen molar-refractivity contribution in [2.75, 3.05) is 27.9 Å². The average Bonchev–Trinajstić information content (AvgIpc) is 3.29. The van der Waals surface area contributed by atoms with Gasteiger partial charge >= 0.3 is 5.97 Å². The molecule has 2 aromatic rings. The molecule has 2 aliphatic rings. The van der Waals surface area contributed by atoms with E-state index in [1.807, 2.05) is 47.0 Å². The zero-order chi connectivity index (χ0) is 50.3. The van der Waals surface area contributed by atoms with Gasteiger partial charge in [-0.3, -0.25) is 0 Å². The van der Waals surface area contributed by atoms with Crippen LogP contribution in [0.25, 0.3) is 0 Å². The molecule has 2 fully saturated rings. The van der Waals surface area contributed by atoms with Crippen LogP contribution >= 0.6 is 0 Å². The van der Waals surface area contributed by atoms with Crippen LogP contribution in [0, 0.1) is 29.6 Å². The third kappa shape index (κ3) is 16.2. The molecule has 0 amide bonds. The van der Waals surface area contributed by atoms with Crippen LogP contribution in [-0.4, -0.2) is 90.4 Å². The summed E-state index contributed by atoms with van der Waals surface area (Å²) in [5, 5.41) is 2.47. The van der Waals surface area contributed by atoms with Gasteiger partial charge in [-0.25, -0.2) is 4.79 Å². The molecule has 0 aromatic heterocycles. The van der Waals surface area contributed by atoms with Gasteiger partial charge in [-0.1, -0.05) is 153 Å². The molecule has 11 atom stereocenters. The number of esters is 1. The fourth-order valence-electron chi connectivity index (χ4n) is 10.4. The van der Waals surface area contributed by atoms with E-state index in [4.69, 9.17) is 32.8 Å². The van der Waals surface area contributed by atoms with Crippen molar-refractivity contribution >= 4 is 24.7 Å². The Bertz CT molecular complexity index is 1880. The van der Waals surface area contributed by atoms with Crippen molar-refractivity contribution in [2.45, 2.75) is 182 Å². The molecule has 0 saturated carbocycles. The van der Waals surface area contributed by atoms with Gasteiger partial charge in [0.05, 0.1) is 43.7 Å². The van der Waals surface area contributed by atoms with E-state index in [1.54, 1.807) is 13.2 Å². The summed E-state index contributed by atoms with van der Waals surface area (Å²) in [6.45, 7) is 29.2. The molecule has 2 saturated heterocycles. The van der Waals surface area contributed by atoms with Crippen LogP contribution in [-0.2, 0) is 42.4 Å². The van der Waals surface area contributed by atoms with E-state index in [9.17, 15) is 4.79 Å². The van der Waals surface area contributed by atoms with E-state index in [0.717, 1.165) is 38.5 Å². The Kier molecular flexibility index (Phi) is 22.2. The first-order valence-electron chi connectivity index (χ1n) is 25.3. The predicted molar refractivity (Wildman–Crippen MR) is 280 cm³/mol. The van der Waals surface area contributed by atoms with Crippen LogP contribution in [0.1, 0.15) is 129 Å². The normalized spacial score (nSPS) is 25.9. The zero-order valence-electron chi connectivity index (χ0n) is 44.8. The first-order chi connectivity index (χ1) is 32.1. The van der Waals surface area contributed by atoms with Crippen molar-refractivity contribution in [1.82, 2.24) is 0 Å². The minimum absolute atomic E-state index is 0.00141. The van der Waals surface area contributed by atoms with Crippen molar-refractivity contribution in [3.8, 4) is 0 Å². The van der Waals surface area contributed by atoms with E-state index in [0.29, 0.717) is 18.4 Å². The molecule has 10 heteroatoms. The number of methoxy groups -OCH3 is 3. The number of carbonyl (C=O) groups excluding carboxylic acids is 1. The summed E-state index contributed by atoms with van der Waals surface area (Å²) in [5.74, 6) is -0.571. The van der Waals surface area contributed by atoms with Gasteiger partial charge in [0.15, 0.2) is 11.6 Å². The van der Waals surface area contributed by atoms with E-state index < -0.39 is 19.9 Å². The lowest BCUT2D eigenvalue weighted by atomic mass is 9.83. The van der Waals surface area contributed by atoms with Crippen molar-refractivity contribution in [3.05, 3.63) is 109 Å². The number of hydrogen-bond acceptors (Lipinski definition) is 9.